The van der Waals surface area contributed by atoms with Crippen LogP contribution in [0.4, 0.5) is 0 Å². The molecule has 4 heteroatoms. The van der Waals surface area contributed by atoms with Crippen molar-refractivity contribution in [2.45, 2.75) is 129 Å². The van der Waals surface area contributed by atoms with Crippen molar-refractivity contribution in [2.24, 2.45) is 0 Å². The standard InChI is InChI=1S/C34H57NO3/c1-3-5-7-9-11-13-15-16-17-18-20-22-24-26-28-30-34(38)35-32(31-36)33(37)29-27-25-23-21-19-14-12-10-8-6-4-2/h5,7,11,13,16-17,19-22,27,29,32-33,36-37H,3-4,6,8-10,12,14-15,18,23-26,28,30-31H2,1-2H3,(H,35,38)/b7-5-,13-11-,17-16-,21-19+,22-20-,29-27+. The lowest BCUT2D eigenvalue weighted by Crippen LogP contribution is -2.45. The molecule has 0 heterocycles. The number of carbonyl (C=O) groups excluding carboxylic acids is 1. The van der Waals surface area contributed by atoms with Crippen LogP contribution in [0, 0.1) is 0 Å². The summed E-state index contributed by atoms with van der Waals surface area (Å²) in [6.45, 7) is 4.10. The van der Waals surface area contributed by atoms with Gasteiger partial charge in [0.05, 0.1) is 18.8 Å². The fourth-order valence-corrected chi connectivity index (χ4v) is 3.83. The van der Waals surface area contributed by atoms with Crippen molar-refractivity contribution in [1.82, 2.24) is 5.32 Å². The van der Waals surface area contributed by atoms with E-state index in [0.717, 1.165) is 64.2 Å². The van der Waals surface area contributed by atoms with E-state index in [0.29, 0.717) is 6.42 Å². The molecular weight excluding hydrogens is 470 g/mol. The summed E-state index contributed by atoms with van der Waals surface area (Å²) in [5.41, 5.74) is 0. The number of allylic oxidation sites excluding steroid dienone is 11. The molecule has 0 aromatic carbocycles. The van der Waals surface area contributed by atoms with Crippen LogP contribution in [-0.2, 0) is 4.79 Å². The van der Waals surface area contributed by atoms with Gasteiger partial charge >= 0.3 is 0 Å². The van der Waals surface area contributed by atoms with Crippen LogP contribution in [0.1, 0.15) is 117 Å². The van der Waals surface area contributed by atoms with Crippen molar-refractivity contribution in [3.05, 3.63) is 72.9 Å². The van der Waals surface area contributed by atoms with Gasteiger partial charge in [0, 0.05) is 6.42 Å². The number of aliphatic hydroxyl groups excluding tert-OH is 2. The van der Waals surface area contributed by atoms with E-state index in [4.69, 9.17) is 0 Å². The van der Waals surface area contributed by atoms with Gasteiger partial charge in [0.1, 0.15) is 0 Å². The Balaban J connectivity index is 3.87. The average molecular weight is 528 g/mol. The van der Waals surface area contributed by atoms with Gasteiger partial charge in [-0.3, -0.25) is 4.79 Å². The fraction of sp³-hybridized carbons (Fsp3) is 0.618. The first-order chi connectivity index (χ1) is 18.7. The molecule has 0 aliphatic heterocycles. The van der Waals surface area contributed by atoms with Gasteiger partial charge in [0.25, 0.3) is 0 Å². The van der Waals surface area contributed by atoms with Gasteiger partial charge in [-0.1, -0.05) is 112 Å². The van der Waals surface area contributed by atoms with Crippen molar-refractivity contribution < 1.29 is 15.0 Å². The minimum Gasteiger partial charge on any atom is -0.394 e. The van der Waals surface area contributed by atoms with E-state index in [9.17, 15) is 15.0 Å². The summed E-state index contributed by atoms with van der Waals surface area (Å²) in [6, 6.07) is -0.660. The average Bonchev–Trinajstić information content (AvgIpc) is 2.92. The van der Waals surface area contributed by atoms with Crippen LogP contribution in [0.3, 0.4) is 0 Å². The Labute approximate surface area is 234 Å². The predicted octanol–water partition coefficient (Wildman–Crippen LogP) is 8.44. The summed E-state index contributed by atoms with van der Waals surface area (Å²) >= 11 is 0. The molecule has 0 aliphatic rings. The normalized spacial score (nSPS) is 14.3. The second-order valence-corrected chi connectivity index (χ2v) is 9.77. The third-order valence-electron chi connectivity index (χ3n) is 6.17. The molecule has 3 N–H and O–H groups in total. The molecule has 2 atom stereocenters. The number of carbonyl (C=O) groups is 1. The third-order valence-corrected chi connectivity index (χ3v) is 6.17. The molecule has 0 aliphatic carbocycles. The monoisotopic (exact) mass is 527 g/mol. The smallest absolute Gasteiger partial charge is 0.220 e. The number of aliphatic hydroxyl groups is 2. The molecule has 0 fully saturated rings. The summed E-state index contributed by atoms with van der Waals surface area (Å²) in [5.74, 6) is -0.122. The van der Waals surface area contributed by atoms with Gasteiger partial charge in [-0.05, 0) is 70.6 Å². The molecule has 4 nitrogen and oxygen atoms in total. The van der Waals surface area contributed by atoms with E-state index in [2.05, 4.69) is 79.9 Å². The lowest BCUT2D eigenvalue weighted by Gasteiger charge is -2.19. The highest BCUT2D eigenvalue weighted by Gasteiger charge is 2.17. The first kappa shape index (κ1) is 35.8. The van der Waals surface area contributed by atoms with Gasteiger partial charge in [0.15, 0.2) is 0 Å². The molecule has 0 bridgehead atoms. The first-order valence-corrected chi connectivity index (χ1v) is 15.2. The Morgan fingerprint density at radius 1 is 0.658 bits per heavy atom. The molecular formula is C34H57NO3. The molecule has 0 aromatic heterocycles. The van der Waals surface area contributed by atoms with E-state index >= 15 is 0 Å². The molecule has 1 amide bonds. The van der Waals surface area contributed by atoms with E-state index in [1.807, 2.05) is 6.08 Å². The molecule has 0 rings (SSSR count). The van der Waals surface area contributed by atoms with Crippen LogP contribution < -0.4 is 5.32 Å². The van der Waals surface area contributed by atoms with Crippen molar-refractivity contribution in [2.75, 3.05) is 6.61 Å². The van der Waals surface area contributed by atoms with E-state index < -0.39 is 12.1 Å². The molecule has 0 aromatic rings. The summed E-state index contributed by atoms with van der Waals surface area (Å²) < 4.78 is 0. The number of rotatable bonds is 25. The zero-order valence-corrected chi connectivity index (χ0v) is 24.4. The first-order valence-electron chi connectivity index (χ1n) is 15.2. The summed E-state index contributed by atoms with van der Waals surface area (Å²) in [7, 11) is 0. The van der Waals surface area contributed by atoms with Crippen LogP contribution in [0.2, 0.25) is 0 Å². The highest BCUT2D eigenvalue weighted by molar-refractivity contribution is 5.76. The maximum atomic E-state index is 12.2. The van der Waals surface area contributed by atoms with Crippen molar-refractivity contribution in [1.29, 1.82) is 0 Å². The summed E-state index contributed by atoms with van der Waals surface area (Å²) in [4.78, 5) is 12.2. The van der Waals surface area contributed by atoms with Gasteiger partial charge in [0.2, 0.25) is 5.91 Å². The van der Waals surface area contributed by atoms with Crippen LogP contribution in [0.15, 0.2) is 72.9 Å². The lowest BCUT2D eigenvalue weighted by atomic mass is 10.1. The lowest BCUT2D eigenvalue weighted by molar-refractivity contribution is -0.123. The third kappa shape index (κ3) is 25.5. The largest absolute Gasteiger partial charge is 0.394 e. The van der Waals surface area contributed by atoms with Crippen LogP contribution in [0.25, 0.3) is 0 Å². The quantitative estimate of drug-likeness (QED) is 0.0824. The minimum absolute atomic E-state index is 0.122. The maximum Gasteiger partial charge on any atom is 0.220 e. The molecule has 0 radical (unpaired) electrons. The minimum atomic E-state index is -0.879. The van der Waals surface area contributed by atoms with E-state index in [1.165, 1.54) is 32.1 Å². The molecule has 0 saturated carbocycles. The van der Waals surface area contributed by atoms with E-state index in [1.54, 1.807) is 6.08 Å². The van der Waals surface area contributed by atoms with Crippen LogP contribution in [-0.4, -0.2) is 34.9 Å². The number of nitrogens with one attached hydrogen (secondary N) is 1. The Hall–Kier alpha value is -2.17. The molecule has 0 saturated heterocycles. The maximum absolute atomic E-state index is 12.2. The molecule has 0 spiro atoms. The second-order valence-electron chi connectivity index (χ2n) is 9.77. The predicted molar refractivity (Wildman–Crippen MR) is 165 cm³/mol. The summed E-state index contributed by atoms with van der Waals surface area (Å²) in [6.07, 6.45) is 41.2. The van der Waals surface area contributed by atoms with Crippen molar-refractivity contribution >= 4 is 5.91 Å². The van der Waals surface area contributed by atoms with Crippen LogP contribution in [0.5, 0.6) is 0 Å². The van der Waals surface area contributed by atoms with E-state index in [-0.39, 0.29) is 12.5 Å². The number of amides is 1. The number of unbranched alkanes of at least 4 members (excludes halogenated alkanes) is 8. The van der Waals surface area contributed by atoms with Gasteiger partial charge in [-0.15, -0.1) is 0 Å². The Morgan fingerprint density at radius 2 is 1.18 bits per heavy atom. The van der Waals surface area contributed by atoms with Gasteiger partial charge in [-0.2, -0.15) is 0 Å². The molecule has 38 heavy (non-hydrogen) atoms. The SMILES string of the molecule is CC/C=C\C/C=C\C/C=C\C/C=C\CCCCC(=O)NC(CO)C(O)/C=C/CC/C=C/CCCCCCC. The second kappa shape index (κ2) is 29.4. The van der Waals surface area contributed by atoms with Crippen LogP contribution >= 0.6 is 0 Å². The zero-order chi connectivity index (χ0) is 27.9. The van der Waals surface area contributed by atoms with Crippen molar-refractivity contribution in [3.8, 4) is 0 Å². The zero-order valence-electron chi connectivity index (χ0n) is 24.4. The molecule has 2 unspecified atom stereocenters. The Morgan fingerprint density at radius 3 is 1.82 bits per heavy atom. The summed E-state index contributed by atoms with van der Waals surface area (Å²) in [5, 5.41) is 22.7. The number of hydrogen-bond donors (Lipinski definition) is 3. The molecule has 216 valence electrons. The topological polar surface area (TPSA) is 69.6 Å². The van der Waals surface area contributed by atoms with Crippen molar-refractivity contribution in [3.63, 3.8) is 0 Å². The Bertz CT molecular complexity index is 703. The Kier molecular flexibility index (Phi) is 27.7. The number of hydrogen-bond acceptors (Lipinski definition) is 3. The highest BCUT2D eigenvalue weighted by Crippen LogP contribution is 2.07. The highest BCUT2D eigenvalue weighted by atomic mass is 16.3. The fourth-order valence-electron chi connectivity index (χ4n) is 3.83. The van der Waals surface area contributed by atoms with Gasteiger partial charge < -0.3 is 15.5 Å². The van der Waals surface area contributed by atoms with Gasteiger partial charge in [-0.25, -0.2) is 0 Å².